The molecule has 1 N–H and O–H groups in total. The summed E-state index contributed by atoms with van der Waals surface area (Å²) in [7, 11) is 5.93. The Morgan fingerprint density at radius 3 is 2.59 bits per heavy atom. The number of amides is 1. The van der Waals surface area contributed by atoms with E-state index in [1.165, 1.54) is 0 Å². The zero-order valence-electron chi connectivity index (χ0n) is 20.1. The maximum Gasteiger partial charge on any atom is 0.237 e. The number of aliphatic hydroxyl groups is 1. The average molecular weight is 461 g/mol. The molecule has 1 aliphatic carbocycles. The van der Waals surface area contributed by atoms with Crippen LogP contribution in [0.3, 0.4) is 0 Å². The van der Waals surface area contributed by atoms with E-state index >= 15 is 0 Å². The van der Waals surface area contributed by atoms with Gasteiger partial charge >= 0.3 is 0 Å². The number of pyridine rings is 2. The van der Waals surface area contributed by atoms with Gasteiger partial charge in [-0.3, -0.25) is 9.78 Å². The minimum atomic E-state index is -0.578. The summed E-state index contributed by atoms with van der Waals surface area (Å²) < 4.78 is 5.77. The molecule has 0 radical (unpaired) electrons. The van der Waals surface area contributed by atoms with Crippen LogP contribution in [0.25, 0.3) is 22.0 Å². The number of fused-ring (bicyclic) bond motifs is 4. The number of nitrogens with zero attached hydrogens (tertiary/aromatic N) is 4. The van der Waals surface area contributed by atoms with Crippen molar-refractivity contribution in [3.63, 3.8) is 0 Å². The maximum absolute atomic E-state index is 13.4. The van der Waals surface area contributed by atoms with Crippen LogP contribution in [0, 0.1) is 0 Å². The highest BCUT2D eigenvalue weighted by molar-refractivity contribution is 6.12. The predicted molar refractivity (Wildman–Crippen MR) is 133 cm³/mol. The van der Waals surface area contributed by atoms with Gasteiger partial charge in [-0.2, -0.15) is 0 Å². The van der Waals surface area contributed by atoms with Crippen molar-refractivity contribution >= 4 is 22.5 Å². The molecule has 178 valence electrons. The van der Waals surface area contributed by atoms with Gasteiger partial charge in [-0.05, 0) is 70.0 Å². The van der Waals surface area contributed by atoms with E-state index in [2.05, 4.69) is 35.0 Å². The zero-order chi connectivity index (χ0) is 23.9. The van der Waals surface area contributed by atoms with Gasteiger partial charge in [-0.25, -0.2) is 4.98 Å². The summed E-state index contributed by atoms with van der Waals surface area (Å²) in [5, 5.41) is 11.1. The fraction of sp³-hybridized carbons (Fsp3) is 0.444. The van der Waals surface area contributed by atoms with Crippen LogP contribution in [0.1, 0.15) is 37.7 Å². The molecule has 3 heterocycles. The summed E-state index contributed by atoms with van der Waals surface area (Å²) in [5.74, 6) is 0.740. The van der Waals surface area contributed by atoms with Gasteiger partial charge in [-0.1, -0.05) is 6.07 Å². The zero-order valence-corrected chi connectivity index (χ0v) is 20.1. The lowest BCUT2D eigenvalue weighted by Gasteiger charge is -2.34. The predicted octanol–water partition coefficient (Wildman–Crippen LogP) is 3.78. The number of hydrogen-bond donors (Lipinski definition) is 1. The van der Waals surface area contributed by atoms with E-state index in [0.717, 1.165) is 46.2 Å². The molecule has 7 nitrogen and oxygen atoms in total. The first-order chi connectivity index (χ1) is 16.4. The minimum Gasteiger partial charge on any atom is -0.478 e. The topological polar surface area (TPSA) is 78.8 Å². The third kappa shape index (κ3) is 3.93. The van der Waals surface area contributed by atoms with Crippen molar-refractivity contribution in [3.8, 4) is 17.0 Å². The summed E-state index contributed by atoms with van der Waals surface area (Å²) in [6.45, 7) is 1.61. The molecule has 0 bridgehead atoms. The van der Waals surface area contributed by atoms with Crippen molar-refractivity contribution in [1.82, 2.24) is 14.9 Å². The number of aliphatic hydroxyl groups excluding tert-OH is 1. The minimum absolute atomic E-state index is 0.117. The Morgan fingerprint density at radius 1 is 1.12 bits per heavy atom. The molecule has 1 fully saturated rings. The Bertz CT molecular complexity index is 1200. The van der Waals surface area contributed by atoms with E-state index in [-0.39, 0.29) is 12.0 Å². The standard InChI is InChI=1S/C27H32N4O3/c1-30(2)13-4-14-34-24-8-6-19(16-29-24)18-5-7-22-21(15-18)25-23(17-28-22)31(3)26(33)27(25)11-9-20(32)10-12-27/h5-8,15-17,20,32H,4,9-14H2,1-3H3. The fourth-order valence-corrected chi connectivity index (χ4v) is 5.41. The largest absolute Gasteiger partial charge is 0.478 e. The summed E-state index contributed by atoms with van der Waals surface area (Å²) in [6.07, 6.45) is 6.88. The van der Waals surface area contributed by atoms with E-state index < -0.39 is 5.41 Å². The molecule has 2 aliphatic rings. The number of benzene rings is 1. The molecule has 7 heteroatoms. The second-order valence-electron chi connectivity index (χ2n) is 9.82. The molecule has 5 rings (SSSR count). The quantitative estimate of drug-likeness (QED) is 0.564. The number of likely N-dealkylation sites (N-methyl/N-ethyl adjacent to an activating group) is 1. The van der Waals surface area contributed by atoms with Crippen molar-refractivity contribution in [3.05, 3.63) is 48.3 Å². The SMILES string of the molecule is CN(C)CCCOc1ccc(-c2ccc3ncc4c(c3c2)C2(CCC(O)CC2)C(=O)N4C)cn1. The highest BCUT2D eigenvalue weighted by Crippen LogP contribution is 2.52. The lowest BCUT2D eigenvalue weighted by molar-refractivity contribution is -0.124. The molecular formula is C27H32N4O3. The van der Waals surface area contributed by atoms with Gasteiger partial charge in [0.25, 0.3) is 0 Å². The van der Waals surface area contributed by atoms with Gasteiger partial charge in [0.05, 0.1) is 35.5 Å². The number of carbonyl (C=O) groups excluding carboxylic acids is 1. The number of carbonyl (C=O) groups is 1. The van der Waals surface area contributed by atoms with Crippen LogP contribution >= 0.6 is 0 Å². The van der Waals surface area contributed by atoms with Crippen LogP contribution in [0.5, 0.6) is 5.88 Å². The first kappa shape index (κ1) is 22.7. The lowest BCUT2D eigenvalue weighted by atomic mass is 9.68. The van der Waals surface area contributed by atoms with Gasteiger partial charge in [-0.15, -0.1) is 0 Å². The summed E-state index contributed by atoms with van der Waals surface area (Å²) in [6, 6.07) is 10.1. The van der Waals surface area contributed by atoms with Gasteiger partial charge in [0.2, 0.25) is 11.8 Å². The van der Waals surface area contributed by atoms with Crippen molar-refractivity contribution in [2.24, 2.45) is 0 Å². The van der Waals surface area contributed by atoms with Gasteiger partial charge in [0.15, 0.2) is 0 Å². The molecule has 1 aromatic carbocycles. The molecule has 1 aliphatic heterocycles. The second kappa shape index (κ2) is 8.96. The average Bonchev–Trinajstić information content (AvgIpc) is 3.05. The van der Waals surface area contributed by atoms with E-state index in [0.29, 0.717) is 38.2 Å². The molecule has 1 amide bonds. The third-order valence-electron chi connectivity index (χ3n) is 7.28. The summed E-state index contributed by atoms with van der Waals surface area (Å²) in [4.78, 5) is 26.4. The van der Waals surface area contributed by atoms with Crippen LogP contribution in [-0.4, -0.2) is 66.3 Å². The molecule has 3 aromatic rings. The van der Waals surface area contributed by atoms with Crippen LogP contribution < -0.4 is 9.64 Å². The number of ether oxygens (including phenoxy) is 1. The van der Waals surface area contributed by atoms with Crippen LogP contribution in [0.15, 0.2) is 42.7 Å². The number of anilines is 1. The fourth-order valence-electron chi connectivity index (χ4n) is 5.41. The lowest BCUT2D eigenvalue weighted by Crippen LogP contribution is -2.42. The molecule has 0 atom stereocenters. The molecule has 34 heavy (non-hydrogen) atoms. The molecule has 1 spiro atoms. The molecular weight excluding hydrogens is 428 g/mol. The van der Waals surface area contributed by atoms with Gasteiger partial charge in [0, 0.05) is 42.4 Å². The van der Waals surface area contributed by atoms with E-state index in [9.17, 15) is 9.90 Å². The van der Waals surface area contributed by atoms with Crippen molar-refractivity contribution in [2.45, 2.75) is 43.6 Å². The normalized spacial score (nSPS) is 22.1. The number of hydrogen-bond acceptors (Lipinski definition) is 6. The Balaban J connectivity index is 1.48. The van der Waals surface area contributed by atoms with Crippen molar-refractivity contribution < 1.29 is 14.6 Å². The van der Waals surface area contributed by atoms with E-state index in [1.807, 2.05) is 43.7 Å². The van der Waals surface area contributed by atoms with Crippen LogP contribution in [0.2, 0.25) is 0 Å². The first-order valence-corrected chi connectivity index (χ1v) is 12.0. The molecule has 0 saturated heterocycles. The van der Waals surface area contributed by atoms with Crippen molar-refractivity contribution in [1.29, 1.82) is 0 Å². The Kier molecular flexibility index (Phi) is 6.00. The maximum atomic E-state index is 13.4. The van der Waals surface area contributed by atoms with Gasteiger partial charge in [0.1, 0.15) is 0 Å². The first-order valence-electron chi connectivity index (χ1n) is 12.0. The summed E-state index contributed by atoms with van der Waals surface area (Å²) >= 11 is 0. The van der Waals surface area contributed by atoms with Crippen LogP contribution in [0.4, 0.5) is 5.69 Å². The number of aromatic nitrogens is 2. The molecule has 0 unspecified atom stereocenters. The smallest absolute Gasteiger partial charge is 0.237 e. The highest BCUT2D eigenvalue weighted by Gasteiger charge is 2.52. The van der Waals surface area contributed by atoms with Gasteiger partial charge < -0.3 is 19.6 Å². The molecule has 2 aromatic heterocycles. The Labute approximate surface area is 200 Å². The summed E-state index contributed by atoms with van der Waals surface area (Å²) in [5.41, 5.74) is 4.27. The van der Waals surface area contributed by atoms with Crippen LogP contribution in [-0.2, 0) is 10.2 Å². The van der Waals surface area contributed by atoms with E-state index in [4.69, 9.17) is 4.74 Å². The third-order valence-corrected chi connectivity index (χ3v) is 7.28. The monoisotopic (exact) mass is 460 g/mol. The molecule has 1 saturated carbocycles. The number of rotatable bonds is 6. The second-order valence-corrected chi connectivity index (χ2v) is 9.82. The van der Waals surface area contributed by atoms with E-state index in [1.54, 1.807) is 4.90 Å². The Morgan fingerprint density at radius 2 is 1.88 bits per heavy atom. The Hall–Kier alpha value is -3.03. The highest BCUT2D eigenvalue weighted by atomic mass is 16.5. The van der Waals surface area contributed by atoms with Crippen molar-refractivity contribution in [2.75, 3.05) is 39.2 Å².